The molecule has 6 heterocycles. The Morgan fingerprint density at radius 1 is 1.00 bits per heavy atom. The van der Waals surface area contributed by atoms with E-state index in [0.717, 1.165) is 78.7 Å². The van der Waals surface area contributed by atoms with Crippen LogP contribution in [0.4, 0.5) is 10.8 Å². The lowest BCUT2D eigenvalue weighted by molar-refractivity contribution is 0.455. The molecule has 0 radical (unpaired) electrons. The third-order valence-corrected chi connectivity index (χ3v) is 7.48. The second-order valence-corrected chi connectivity index (χ2v) is 9.88. The number of fused-ring (bicyclic) bond motifs is 1. The first-order valence-electron chi connectivity index (χ1n) is 11.8. The molecule has 2 aliphatic heterocycles. The van der Waals surface area contributed by atoms with Crippen molar-refractivity contribution in [1.82, 2.24) is 39.4 Å². The molecular formula is C23H29N9S. The van der Waals surface area contributed by atoms with Gasteiger partial charge in [0.1, 0.15) is 10.8 Å². The van der Waals surface area contributed by atoms with Crippen molar-refractivity contribution >= 4 is 28.0 Å². The number of hydrogen-bond donors (Lipinski definition) is 3. The van der Waals surface area contributed by atoms with Crippen LogP contribution in [0.5, 0.6) is 0 Å². The Labute approximate surface area is 196 Å². The molecule has 2 fully saturated rings. The minimum Gasteiger partial charge on any atom is -0.331 e. The van der Waals surface area contributed by atoms with Gasteiger partial charge in [0, 0.05) is 48.8 Å². The van der Waals surface area contributed by atoms with Crippen LogP contribution in [0.25, 0.3) is 16.8 Å². The van der Waals surface area contributed by atoms with E-state index in [2.05, 4.69) is 33.2 Å². The Morgan fingerprint density at radius 3 is 2.70 bits per heavy atom. The molecule has 4 aromatic heterocycles. The maximum absolute atomic E-state index is 5.09. The molecule has 2 aliphatic rings. The predicted molar refractivity (Wildman–Crippen MR) is 130 cm³/mol. The summed E-state index contributed by atoms with van der Waals surface area (Å²) in [6, 6.07) is 4.37. The molecule has 172 valence electrons. The molecule has 4 aromatic rings. The lowest BCUT2D eigenvalue weighted by Crippen LogP contribution is -2.29. The van der Waals surface area contributed by atoms with E-state index in [1.807, 2.05) is 34.8 Å². The Bertz CT molecular complexity index is 1240. The fraction of sp³-hybridized carbons (Fsp3) is 0.478. The van der Waals surface area contributed by atoms with Crippen molar-refractivity contribution in [2.45, 2.75) is 37.5 Å². The van der Waals surface area contributed by atoms with E-state index in [1.165, 1.54) is 23.6 Å². The van der Waals surface area contributed by atoms with E-state index in [9.17, 15) is 0 Å². The Kier molecular flexibility index (Phi) is 5.57. The minimum absolute atomic E-state index is 0.396. The van der Waals surface area contributed by atoms with Crippen molar-refractivity contribution in [2.75, 3.05) is 31.5 Å². The fourth-order valence-corrected chi connectivity index (χ4v) is 5.66. The van der Waals surface area contributed by atoms with Gasteiger partial charge in [0.05, 0.1) is 23.8 Å². The van der Waals surface area contributed by atoms with E-state index in [-0.39, 0.29) is 0 Å². The zero-order valence-electron chi connectivity index (χ0n) is 18.8. The van der Waals surface area contributed by atoms with Crippen LogP contribution < -0.4 is 16.0 Å². The number of nitrogens with zero attached hydrogens (tertiary/aromatic N) is 6. The van der Waals surface area contributed by atoms with Gasteiger partial charge in [-0.25, -0.2) is 4.98 Å². The molecule has 1 atom stereocenters. The van der Waals surface area contributed by atoms with Crippen LogP contribution >= 0.6 is 11.5 Å². The van der Waals surface area contributed by atoms with E-state index >= 15 is 0 Å². The third-order valence-electron chi connectivity index (χ3n) is 6.76. The van der Waals surface area contributed by atoms with Crippen molar-refractivity contribution in [3.63, 3.8) is 0 Å². The highest BCUT2D eigenvalue weighted by molar-refractivity contribution is 7.10. The summed E-state index contributed by atoms with van der Waals surface area (Å²) in [5.41, 5.74) is 5.18. The molecule has 3 N–H and O–H groups in total. The van der Waals surface area contributed by atoms with Gasteiger partial charge in [-0.3, -0.25) is 4.68 Å². The number of piperidine rings is 2. The predicted octanol–water partition coefficient (Wildman–Crippen LogP) is 3.26. The molecule has 0 spiro atoms. The normalized spacial score (nSPS) is 19.8. The third kappa shape index (κ3) is 4.14. The summed E-state index contributed by atoms with van der Waals surface area (Å²) in [5, 5.41) is 20.7. The highest BCUT2D eigenvalue weighted by Crippen LogP contribution is 2.33. The standard InChI is InChI=1S/C23H29N9S/c1-31-14-17(12-26-31)18-13-27-32-21(9-19(28-23(18)32)16-3-2-6-25-11-16)29-22-10-20(30-33-22)15-4-7-24-8-5-15/h9-10,12-16,24-25,29H,2-8,11H2,1H3/t16-/m0/s1. The van der Waals surface area contributed by atoms with Crippen LogP contribution in [0.1, 0.15) is 48.9 Å². The molecule has 6 rings (SSSR count). The highest BCUT2D eigenvalue weighted by Gasteiger charge is 2.22. The van der Waals surface area contributed by atoms with Crippen molar-refractivity contribution in [1.29, 1.82) is 0 Å². The molecule has 33 heavy (non-hydrogen) atoms. The van der Waals surface area contributed by atoms with E-state index < -0.39 is 0 Å². The lowest BCUT2D eigenvalue weighted by atomic mass is 9.95. The van der Waals surface area contributed by atoms with E-state index in [4.69, 9.17) is 14.5 Å². The maximum atomic E-state index is 5.09. The Hall–Kier alpha value is -2.82. The summed E-state index contributed by atoms with van der Waals surface area (Å²) >= 11 is 1.53. The minimum atomic E-state index is 0.396. The first-order chi connectivity index (χ1) is 16.2. The number of aromatic nitrogens is 6. The first kappa shape index (κ1) is 20.8. The van der Waals surface area contributed by atoms with Crippen molar-refractivity contribution < 1.29 is 0 Å². The Morgan fingerprint density at radius 2 is 1.91 bits per heavy atom. The Balaban J connectivity index is 1.38. The van der Waals surface area contributed by atoms with Gasteiger partial charge in [0.25, 0.3) is 0 Å². The van der Waals surface area contributed by atoms with Crippen LogP contribution in [0, 0.1) is 0 Å². The van der Waals surface area contributed by atoms with Crippen LogP contribution in [0.3, 0.4) is 0 Å². The molecular weight excluding hydrogens is 434 g/mol. The van der Waals surface area contributed by atoms with Crippen molar-refractivity contribution in [2.24, 2.45) is 7.05 Å². The molecule has 10 heteroatoms. The smallest absolute Gasteiger partial charge is 0.165 e. The summed E-state index contributed by atoms with van der Waals surface area (Å²) < 4.78 is 8.49. The maximum Gasteiger partial charge on any atom is 0.165 e. The quantitative estimate of drug-likeness (QED) is 0.418. The largest absolute Gasteiger partial charge is 0.331 e. The summed E-state index contributed by atoms with van der Waals surface area (Å²) in [5.74, 6) is 1.87. The zero-order chi connectivity index (χ0) is 22.2. The van der Waals surface area contributed by atoms with Gasteiger partial charge in [-0.1, -0.05) is 0 Å². The van der Waals surface area contributed by atoms with Gasteiger partial charge in [-0.05, 0) is 62.9 Å². The molecule has 9 nitrogen and oxygen atoms in total. The number of nitrogens with one attached hydrogen (secondary N) is 3. The second-order valence-electron chi connectivity index (χ2n) is 9.07. The highest BCUT2D eigenvalue weighted by atomic mass is 32.1. The van der Waals surface area contributed by atoms with Crippen LogP contribution in [0.15, 0.2) is 30.7 Å². The summed E-state index contributed by atoms with van der Waals surface area (Å²) in [6.07, 6.45) is 10.4. The average molecular weight is 464 g/mol. The topological polar surface area (TPSA) is 97.0 Å². The van der Waals surface area contributed by atoms with Gasteiger partial charge in [0.15, 0.2) is 5.65 Å². The number of anilines is 2. The molecule has 0 amide bonds. The van der Waals surface area contributed by atoms with Crippen LogP contribution in [0.2, 0.25) is 0 Å². The molecule has 0 aliphatic carbocycles. The zero-order valence-corrected chi connectivity index (χ0v) is 19.6. The summed E-state index contributed by atoms with van der Waals surface area (Å²) in [4.78, 5) is 5.09. The molecule has 0 saturated carbocycles. The lowest BCUT2D eigenvalue weighted by Gasteiger charge is -2.23. The van der Waals surface area contributed by atoms with Crippen LogP contribution in [-0.2, 0) is 7.05 Å². The van der Waals surface area contributed by atoms with Crippen LogP contribution in [-0.4, -0.2) is 54.9 Å². The monoisotopic (exact) mass is 463 g/mol. The second kappa shape index (κ2) is 8.85. The molecule has 2 saturated heterocycles. The van der Waals surface area contributed by atoms with Crippen molar-refractivity contribution in [3.8, 4) is 11.1 Å². The molecule has 0 aromatic carbocycles. The van der Waals surface area contributed by atoms with Gasteiger partial charge >= 0.3 is 0 Å². The average Bonchev–Trinajstić information content (AvgIpc) is 3.60. The summed E-state index contributed by atoms with van der Waals surface area (Å²) in [7, 11) is 1.93. The SMILES string of the molecule is Cn1cc(-c2cnn3c(Nc4cc(C5CCNCC5)ns4)cc([C@H]4CCCNC4)nc23)cn1. The first-order valence-corrected chi connectivity index (χ1v) is 12.5. The molecule has 0 unspecified atom stereocenters. The summed E-state index contributed by atoms with van der Waals surface area (Å²) in [6.45, 7) is 4.18. The van der Waals surface area contributed by atoms with E-state index in [1.54, 1.807) is 0 Å². The van der Waals surface area contributed by atoms with Crippen molar-refractivity contribution in [3.05, 3.63) is 42.1 Å². The van der Waals surface area contributed by atoms with Gasteiger partial charge in [0.2, 0.25) is 0 Å². The number of rotatable bonds is 5. The number of hydrogen-bond acceptors (Lipinski definition) is 8. The number of aryl methyl sites for hydroxylation is 1. The fourth-order valence-electron chi connectivity index (χ4n) is 4.93. The van der Waals surface area contributed by atoms with Gasteiger partial charge in [-0.2, -0.15) is 19.1 Å². The van der Waals surface area contributed by atoms with E-state index in [0.29, 0.717) is 11.8 Å². The van der Waals surface area contributed by atoms with Gasteiger partial charge in [-0.15, -0.1) is 0 Å². The van der Waals surface area contributed by atoms with Gasteiger partial charge < -0.3 is 16.0 Å². The molecule has 0 bridgehead atoms.